The lowest BCUT2D eigenvalue weighted by molar-refractivity contribution is -0.138. The van der Waals surface area contributed by atoms with Gasteiger partial charge in [0.25, 0.3) is 5.91 Å². The Labute approximate surface area is 207 Å². The first-order valence-electron chi connectivity index (χ1n) is 12.7. The molecule has 4 amide bonds. The van der Waals surface area contributed by atoms with Crippen molar-refractivity contribution in [3.8, 4) is 0 Å². The molecule has 1 saturated heterocycles. The second-order valence-corrected chi connectivity index (χ2v) is 9.47. The van der Waals surface area contributed by atoms with E-state index in [1.807, 2.05) is 26.0 Å². The minimum atomic E-state index is -1.09. The van der Waals surface area contributed by atoms with Crippen molar-refractivity contribution in [1.29, 1.82) is 0 Å². The Morgan fingerprint density at radius 1 is 1.06 bits per heavy atom. The summed E-state index contributed by atoms with van der Waals surface area (Å²) in [7, 11) is 0. The van der Waals surface area contributed by atoms with Gasteiger partial charge in [-0.3, -0.25) is 14.4 Å². The summed E-state index contributed by atoms with van der Waals surface area (Å²) in [4.78, 5) is 54.1. The van der Waals surface area contributed by atoms with Crippen LogP contribution < -0.4 is 16.0 Å². The third-order valence-corrected chi connectivity index (χ3v) is 6.87. The second-order valence-electron chi connectivity index (χ2n) is 9.47. The van der Waals surface area contributed by atoms with E-state index < -0.39 is 29.2 Å². The van der Waals surface area contributed by atoms with E-state index in [0.29, 0.717) is 57.7 Å². The number of ether oxygens (including phenoxy) is 1. The molecule has 192 valence electrons. The van der Waals surface area contributed by atoms with Gasteiger partial charge in [-0.2, -0.15) is 0 Å². The molecular weight excluding hydrogens is 448 g/mol. The average Bonchev–Trinajstić information content (AvgIpc) is 2.88. The third-order valence-electron chi connectivity index (χ3n) is 6.87. The summed E-state index contributed by atoms with van der Waals surface area (Å²) >= 11 is 0. The van der Waals surface area contributed by atoms with E-state index in [-0.39, 0.29) is 6.03 Å². The highest BCUT2D eigenvalue weighted by molar-refractivity contribution is 6.42. The fourth-order valence-electron chi connectivity index (χ4n) is 4.64. The van der Waals surface area contributed by atoms with Crippen LogP contribution >= 0.6 is 0 Å². The number of Topliss-reactive ketones (excluding diaryl/α,β-unsaturated/α-hetero) is 1. The number of hydrogen-bond donors (Lipinski definition) is 3. The van der Waals surface area contributed by atoms with E-state index in [9.17, 15) is 19.2 Å². The van der Waals surface area contributed by atoms with Crippen molar-refractivity contribution in [1.82, 2.24) is 15.5 Å². The van der Waals surface area contributed by atoms with Crippen molar-refractivity contribution in [2.24, 2.45) is 0 Å². The smallest absolute Gasteiger partial charge is 0.318 e. The predicted octanol–water partition coefficient (Wildman–Crippen LogP) is 2.92. The van der Waals surface area contributed by atoms with E-state index in [1.54, 1.807) is 17.0 Å². The van der Waals surface area contributed by atoms with Gasteiger partial charge in [0.05, 0.1) is 19.3 Å². The number of carbonyl (C=O) groups excluding carboxylic acids is 4. The third kappa shape index (κ3) is 7.04. The molecule has 2 aliphatic rings. The molecule has 0 spiro atoms. The van der Waals surface area contributed by atoms with Crippen LogP contribution in [-0.4, -0.2) is 66.4 Å². The van der Waals surface area contributed by atoms with Crippen molar-refractivity contribution < 1.29 is 23.9 Å². The van der Waals surface area contributed by atoms with Crippen molar-refractivity contribution in [3.05, 3.63) is 29.8 Å². The number of nitrogens with one attached hydrogen (secondary N) is 3. The van der Waals surface area contributed by atoms with Crippen LogP contribution in [0.2, 0.25) is 0 Å². The van der Waals surface area contributed by atoms with Gasteiger partial charge >= 0.3 is 6.03 Å². The number of para-hydroxylation sites is 1. The lowest BCUT2D eigenvalue weighted by Crippen LogP contribution is -2.64. The Morgan fingerprint density at radius 3 is 2.40 bits per heavy atom. The zero-order valence-electron chi connectivity index (χ0n) is 20.9. The van der Waals surface area contributed by atoms with Crippen LogP contribution in [0.15, 0.2) is 24.3 Å². The van der Waals surface area contributed by atoms with Crippen molar-refractivity contribution in [2.75, 3.05) is 31.6 Å². The Bertz CT molecular complexity index is 907. The number of anilines is 1. The number of hydrogen-bond acceptors (Lipinski definition) is 5. The minimum absolute atomic E-state index is 0.293. The molecule has 1 aliphatic heterocycles. The number of aryl methyl sites for hydroxylation is 1. The maximum Gasteiger partial charge on any atom is 0.318 e. The molecule has 1 unspecified atom stereocenters. The molecule has 0 aromatic heterocycles. The van der Waals surface area contributed by atoms with Crippen LogP contribution in [-0.2, 0) is 19.1 Å². The first-order valence-corrected chi connectivity index (χ1v) is 12.7. The number of nitrogens with zero attached hydrogens (tertiary/aromatic N) is 1. The number of ketones is 1. The van der Waals surface area contributed by atoms with Crippen molar-refractivity contribution in [3.63, 3.8) is 0 Å². The number of rotatable bonds is 9. The summed E-state index contributed by atoms with van der Waals surface area (Å²) in [6, 6.07) is 5.97. The van der Waals surface area contributed by atoms with E-state index in [1.165, 1.54) is 0 Å². The number of unbranched alkanes of at least 4 members (excludes halogenated alkanes) is 1. The summed E-state index contributed by atoms with van der Waals surface area (Å²) in [5.74, 6) is -1.83. The van der Waals surface area contributed by atoms with Gasteiger partial charge in [0.1, 0.15) is 5.54 Å². The zero-order valence-corrected chi connectivity index (χ0v) is 20.9. The fourth-order valence-corrected chi connectivity index (χ4v) is 4.64. The fraction of sp³-hybridized carbons (Fsp3) is 0.615. The number of urea groups is 1. The minimum Gasteiger partial charge on any atom is -0.378 e. The van der Waals surface area contributed by atoms with Gasteiger partial charge in [-0.25, -0.2) is 4.79 Å². The number of carbonyl (C=O) groups is 4. The number of morpholine rings is 1. The van der Waals surface area contributed by atoms with E-state index in [4.69, 9.17) is 4.74 Å². The maximum absolute atomic E-state index is 13.6. The lowest BCUT2D eigenvalue weighted by Gasteiger charge is -2.39. The molecule has 1 heterocycles. The highest BCUT2D eigenvalue weighted by Crippen LogP contribution is 2.29. The molecule has 0 bridgehead atoms. The van der Waals surface area contributed by atoms with Gasteiger partial charge < -0.3 is 25.6 Å². The molecule has 1 atom stereocenters. The zero-order chi connectivity index (χ0) is 25.3. The average molecular weight is 487 g/mol. The van der Waals surface area contributed by atoms with Crippen LogP contribution in [0.5, 0.6) is 0 Å². The molecule has 1 aromatic rings. The van der Waals surface area contributed by atoms with Crippen LogP contribution in [0.25, 0.3) is 0 Å². The highest BCUT2D eigenvalue weighted by Gasteiger charge is 2.43. The summed E-state index contributed by atoms with van der Waals surface area (Å²) in [5, 5.41) is 8.51. The van der Waals surface area contributed by atoms with Gasteiger partial charge in [0.2, 0.25) is 11.7 Å². The second kappa shape index (κ2) is 12.7. The quantitative estimate of drug-likeness (QED) is 0.464. The van der Waals surface area contributed by atoms with Crippen LogP contribution in [0.4, 0.5) is 10.5 Å². The Balaban J connectivity index is 1.73. The lowest BCUT2D eigenvalue weighted by atomic mass is 9.80. The van der Waals surface area contributed by atoms with E-state index in [2.05, 4.69) is 16.0 Å². The predicted molar refractivity (Wildman–Crippen MR) is 133 cm³/mol. The van der Waals surface area contributed by atoms with Gasteiger partial charge in [-0.05, 0) is 37.8 Å². The molecule has 0 radical (unpaired) electrons. The molecule has 9 nitrogen and oxygen atoms in total. The van der Waals surface area contributed by atoms with Crippen LogP contribution in [0.1, 0.15) is 63.9 Å². The van der Waals surface area contributed by atoms with Crippen LogP contribution in [0, 0.1) is 6.92 Å². The van der Waals surface area contributed by atoms with E-state index >= 15 is 0 Å². The highest BCUT2D eigenvalue weighted by atomic mass is 16.5. The number of amides is 4. The summed E-state index contributed by atoms with van der Waals surface area (Å²) in [6.07, 6.45) is 5.45. The first-order chi connectivity index (χ1) is 16.9. The number of benzene rings is 1. The Kier molecular flexibility index (Phi) is 9.65. The van der Waals surface area contributed by atoms with Crippen LogP contribution in [0.3, 0.4) is 0 Å². The molecule has 1 aliphatic carbocycles. The van der Waals surface area contributed by atoms with Gasteiger partial charge in [0, 0.05) is 18.8 Å². The molecule has 3 rings (SSSR count). The van der Waals surface area contributed by atoms with Gasteiger partial charge in [-0.1, -0.05) is 57.2 Å². The van der Waals surface area contributed by atoms with Crippen molar-refractivity contribution in [2.45, 2.75) is 76.8 Å². The van der Waals surface area contributed by atoms with E-state index in [0.717, 1.165) is 31.2 Å². The Hall–Kier alpha value is -2.94. The topological polar surface area (TPSA) is 117 Å². The SMILES string of the molecule is CCCCC(NC(=O)C1(NC(=O)N2CCOCC2)CCCCC1)C(=O)C(=O)Nc1ccccc1C. The molecular formula is C26H38N4O5. The summed E-state index contributed by atoms with van der Waals surface area (Å²) in [6.45, 7) is 5.72. The molecule has 1 aromatic carbocycles. The molecule has 2 fully saturated rings. The molecule has 3 N–H and O–H groups in total. The summed E-state index contributed by atoms with van der Waals surface area (Å²) < 4.78 is 5.32. The molecule has 1 saturated carbocycles. The largest absolute Gasteiger partial charge is 0.378 e. The van der Waals surface area contributed by atoms with Gasteiger partial charge in [0.15, 0.2) is 0 Å². The standard InChI is InChI=1S/C26H38N4O5/c1-3-4-11-21(22(31)23(32)27-20-12-7-6-10-19(20)2)28-24(33)26(13-8-5-9-14-26)29-25(34)30-15-17-35-18-16-30/h6-7,10,12,21H,3-5,8-9,11,13-18H2,1-2H3,(H,27,32)(H,28,33)(H,29,34). The monoisotopic (exact) mass is 486 g/mol. The first kappa shape index (κ1) is 26.7. The van der Waals surface area contributed by atoms with Crippen molar-refractivity contribution >= 4 is 29.3 Å². The maximum atomic E-state index is 13.6. The Morgan fingerprint density at radius 2 is 1.74 bits per heavy atom. The normalized spacial score (nSPS) is 18.3. The molecule has 35 heavy (non-hydrogen) atoms. The molecule has 9 heteroatoms. The summed E-state index contributed by atoms with van der Waals surface area (Å²) in [5.41, 5.74) is 0.313. The van der Waals surface area contributed by atoms with Gasteiger partial charge in [-0.15, -0.1) is 0 Å².